The van der Waals surface area contributed by atoms with Crippen LogP contribution < -0.4 is 10.9 Å². The van der Waals surface area contributed by atoms with Crippen LogP contribution in [0.3, 0.4) is 0 Å². The molecule has 0 aliphatic carbocycles. The average molecular weight is 388 g/mol. The van der Waals surface area contributed by atoms with Gasteiger partial charge in [-0.15, -0.1) is 0 Å². The van der Waals surface area contributed by atoms with Crippen molar-refractivity contribution in [2.24, 2.45) is 0 Å². The van der Waals surface area contributed by atoms with Crippen molar-refractivity contribution in [1.82, 2.24) is 10.9 Å². The molecule has 0 saturated carbocycles. The Morgan fingerprint density at radius 2 is 1.67 bits per heavy atom. The number of nitrogens with one attached hydrogen (secondary N) is 2. The predicted molar refractivity (Wildman–Crippen MR) is 85.5 cm³/mol. The fourth-order valence-electron chi connectivity index (χ4n) is 1.55. The summed E-state index contributed by atoms with van der Waals surface area (Å²) in [6.07, 6.45) is 0. The predicted octanol–water partition coefficient (Wildman–Crippen LogP) is 3.83. The lowest BCUT2D eigenvalue weighted by molar-refractivity contribution is 0.0846. The van der Waals surface area contributed by atoms with Crippen LogP contribution in [0.1, 0.15) is 20.7 Å². The summed E-state index contributed by atoms with van der Waals surface area (Å²) in [5.74, 6) is -0.992. The molecule has 0 fully saturated rings. The Labute approximate surface area is 139 Å². The molecule has 2 aromatic carbocycles. The molecule has 0 unspecified atom stereocenters. The summed E-state index contributed by atoms with van der Waals surface area (Å²) in [4.78, 5) is 23.8. The molecule has 0 aliphatic rings. The fraction of sp³-hybridized carbons (Fsp3) is 0. The molecule has 2 aromatic rings. The number of hydrazine groups is 1. The largest absolute Gasteiger partial charge is 0.271 e. The molecular formula is C14H9BrCl2N2O2. The topological polar surface area (TPSA) is 58.2 Å². The molecule has 0 atom stereocenters. The molecule has 0 spiro atoms. The molecule has 7 heteroatoms. The molecule has 21 heavy (non-hydrogen) atoms. The molecule has 2 amide bonds. The van der Waals surface area contributed by atoms with Crippen LogP contribution in [0.25, 0.3) is 0 Å². The zero-order valence-electron chi connectivity index (χ0n) is 10.5. The van der Waals surface area contributed by atoms with E-state index in [0.29, 0.717) is 15.1 Å². The summed E-state index contributed by atoms with van der Waals surface area (Å²) in [7, 11) is 0. The molecule has 0 saturated heterocycles. The lowest BCUT2D eigenvalue weighted by Crippen LogP contribution is -2.41. The van der Waals surface area contributed by atoms with Crippen molar-refractivity contribution in [1.29, 1.82) is 0 Å². The molecule has 0 heterocycles. The van der Waals surface area contributed by atoms with Gasteiger partial charge in [-0.2, -0.15) is 0 Å². The number of hydrogen-bond acceptors (Lipinski definition) is 2. The van der Waals surface area contributed by atoms with E-state index in [9.17, 15) is 9.59 Å². The number of amides is 2. The van der Waals surface area contributed by atoms with Crippen molar-refractivity contribution in [3.05, 3.63) is 68.1 Å². The van der Waals surface area contributed by atoms with Crippen LogP contribution >= 0.6 is 39.1 Å². The maximum Gasteiger partial charge on any atom is 0.271 e. The summed E-state index contributed by atoms with van der Waals surface area (Å²) < 4.78 is 0.707. The third-order valence-electron chi connectivity index (χ3n) is 2.55. The zero-order valence-corrected chi connectivity index (χ0v) is 13.6. The van der Waals surface area contributed by atoms with Crippen molar-refractivity contribution >= 4 is 50.9 Å². The summed E-state index contributed by atoms with van der Waals surface area (Å²) in [6, 6.07) is 11.2. The number of benzene rings is 2. The quantitative estimate of drug-likeness (QED) is 0.769. The van der Waals surface area contributed by atoms with Crippen molar-refractivity contribution in [3.63, 3.8) is 0 Å². The Bertz CT molecular complexity index is 707. The van der Waals surface area contributed by atoms with Crippen molar-refractivity contribution in [2.45, 2.75) is 0 Å². The van der Waals surface area contributed by atoms with Crippen LogP contribution in [-0.4, -0.2) is 11.8 Å². The van der Waals surface area contributed by atoms with Gasteiger partial charge >= 0.3 is 0 Å². The highest BCUT2D eigenvalue weighted by Crippen LogP contribution is 2.20. The minimum atomic E-state index is -0.517. The number of hydrogen-bond donors (Lipinski definition) is 2. The minimum Gasteiger partial charge on any atom is -0.267 e. The molecule has 2 N–H and O–H groups in total. The van der Waals surface area contributed by atoms with Gasteiger partial charge in [-0.3, -0.25) is 20.4 Å². The number of carbonyl (C=O) groups is 2. The van der Waals surface area contributed by atoms with E-state index in [0.717, 1.165) is 0 Å². The number of carbonyl (C=O) groups excluding carboxylic acids is 2. The second kappa shape index (κ2) is 6.93. The van der Waals surface area contributed by atoms with E-state index in [2.05, 4.69) is 26.8 Å². The Kier molecular flexibility index (Phi) is 5.22. The Morgan fingerprint density at radius 1 is 0.952 bits per heavy atom. The van der Waals surface area contributed by atoms with Gasteiger partial charge in [0.1, 0.15) is 0 Å². The molecule has 0 bridgehead atoms. The summed E-state index contributed by atoms with van der Waals surface area (Å²) >= 11 is 15.0. The molecule has 0 aliphatic heterocycles. The first-order valence-electron chi connectivity index (χ1n) is 5.78. The smallest absolute Gasteiger partial charge is 0.267 e. The monoisotopic (exact) mass is 386 g/mol. The van der Waals surface area contributed by atoms with Crippen LogP contribution in [0.5, 0.6) is 0 Å². The Balaban J connectivity index is 2.04. The van der Waals surface area contributed by atoms with Gasteiger partial charge < -0.3 is 0 Å². The number of halogens is 3. The number of rotatable bonds is 2. The van der Waals surface area contributed by atoms with Crippen LogP contribution in [0, 0.1) is 0 Å². The normalized spacial score (nSPS) is 10.0. The van der Waals surface area contributed by atoms with Gasteiger partial charge in [-0.05, 0) is 36.4 Å². The standard InChI is InChI=1S/C14H9BrCl2N2O2/c15-9-4-5-12(17)11(7-9)14(21)19-18-13(20)8-2-1-3-10(16)6-8/h1-7H,(H,18,20)(H,19,21). The van der Waals surface area contributed by atoms with E-state index < -0.39 is 11.8 Å². The van der Waals surface area contributed by atoms with Crippen LogP contribution in [-0.2, 0) is 0 Å². The van der Waals surface area contributed by atoms with E-state index >= 15 is 0 Å². The SMILES string of the molecule is O=C(NNC(=O)c1cc(Br)ccc1Cl)c1cccc(Cl)c1. The van der Waals surface area contributed by atoms with Crippen LogP contribution in [0.15, 0.2) is 46.9 Å². The van der Waals surface area contributed by atoms with Gasteiger partial charge in [-0.25, -0.2) is 0 Å². The van der Waals surface area contributed by atoms with Gasteiger partial charge in [0.2, 0.25) is 0 Å². The van der Waals surface area contributed by atoms with Gasteiger partial charge in [0, 0.05) is 15.1 Å². The molecule has 0 radical (unpaired) electrons. The lowest BCUT2D eigenvalue weighted by Gasteiger charge is -2.09. The average Bonchev–Trinajstić information content (AvgIpc) is 2.47. The van der Waals surface area contributed by atoms with Crippen molar-refractivity contribution < 1.29 is 9.59 Å². The van der Waals surface area contributed by atoms with Crippen molar-refractivity contribution in [3.8, 4) is 0 Å². The van der Waals surface area contributed by atoms with E-state index in [1.54, 1.807) is 36.4 Å². The summed E-state index contributed by atoms with van der Waals surface area (Å²) in [6.45, 7) is 0. The van der Waals surface area contributed by atoms with Gasteiger partial charge in [0.15, 0.2) is 0 Å². The van der Waals surface area contributed by atoms with Crippen LogP contribution in [0.4, 0.5) is 0 Å². The molecule has 108 valence electrons. The molecule has 0 aromatic heterocycles. The Hall–Kier alpha value is -1.56. The fourth-order valence-corrected chi connectivity index (χ4v) is 2.31. The highest BCUT2D eigenvalue weighted by atomic mass is 79.9. The molecular weight excluding hydrogens is 379 g/mol. The molecule has 2 rings (SSSR count). The Morgan fingerprint density at radius 3 is 2.38 bits per heavy atom. The third kappa shape index (κ3) is 4.20. The molecule has 4 nitrogen and oxygen atoms in total. The maximum atomic E-state index is 12.0. The first kappa shape index (κ1) is 15.8. The van der Waals surface area contributed by atoms with Gasteiger partial charge in [0.25, 0.3) is 11.8 Å². The van der Waals surface area contributed by atoms with Crippen LogP contribution in [0.2, 0.25) is 10.0 Å². The highest BCUT2D eigenvalue weighted by Gasteiger charge is 2.12. The van der Waals surface area contributed by atoms with Crippen molar-refractivity contribution in [2.75, 3.05) is 0 Å². The summed E-state index contributed by atoms with van der Waals surface area (Å²) in [5, 5.41) is 0.719. The lowest BCUT2D eigenvalue weighted by atomic mass is 10.2. The second-order valence-electron chi connectivity index (χ2n) is 4.04. The van der Waals surface area contributed by atoms with Gasteiger partial charge in [0.05, 0.1) is 10.6 Å². The zero-order chi connectivity index (χ0) is 15.4. The maximum absolute atomic E-state index is 12.0. The van der Waals surface area contributed by atoms with E-state index in [1.807, 2.05) is 0 Å². The third-order valence-corrected chi connectivity index (χ3v) is 3.61. The highest BCUT2D eigenvalue weighted by molar-refractivity contribution is 9.10. The van der Waals surface area contributed by atoms with Gasteiger partial charge in [-0.1, -0.05) is 45.2 Å². The van der Waals surface area contributed by atoms with E-state index in [4.69, 9.17) is 23.2 Å². The second-order valence-corrected chi connectivity index (χ2v) is 5.80. The van der Waals surface area contributed by atoms with E-state index in [-0.39, 0.29) is 10.6 Å². The first-order chi connectivity index (χ1) is 9.97. The van der Waals surface area contributed by atoms with E-state index in [1.165, 1.54) is 6.07 Å². The first-order valence-corrected chi connectivity index (χ1v) is 7.33. The summed E-state index contributed by atoms with van der Waals surface area (Å²) in [5.41, 5.74) is 5.18. The minimum absolute atomic E-state index is 0.248.